The van der Waals surface area contributed by atoms with E-state index in [4.69, 9.17) is 4.74 Å². The Kier molecular flexibility index (Phi) is 8.57. The molecule has 0 unspecified atom stereocenters. The predicted molar refractivity (Wildman–Crippen MR) is 148 cm³/mol. The number of amides is 1. The zero-order valence-corrected chi connectivity index (χ0v) is 21.0. The van der Waals surface area contributed by atoms with Crippen LogP contribution in [0.4, 0.5) is 0 Å². The van der Waals surface area contributed by atoms with Gasteiger partial charge in [-0.25, -0.2) is 0 Å². The molecule has 0 heterocycles. The number of rotatable bonds is 12. The highest BCUT2D eigenvalue weighted by atomic mass is 16.5. The van der Waals surface area contributed by atoms with Gasteiger partial charge in [0, 0.05) is 6.42 Å². The maximum absolute atomic E-state index is 14.0. The highest BCUT2D eigenvalue weighted by Gasteiger charge is 2.48. The van der Waals surface area contributed by atoms with Gasteiger partial charge in [0.1, 0.15) is 12.0 Å². The first-order valence-electron chi connectivity index (χ1n) is 12.6. The van der Waals surface area contributed by atoms with Crippen LogP contribution in [0.25, 0.3) is 11.1 Å². The van der Waals surface area contributed by atoms with Crippen molar-refractivity contribution in [2.45, 2.75) is 31.6 Å². The van der Waals surface area contributed by atoms with Gasteiger partial charge in [0.2, 0.25) is 5.91 Å². The van der Waals surface area contributed by atoms with Crippen molar-refractivity contribution in [3.05, 3.63) is 139 Å². The van der Waals surface area contributed by atoms with Crippen molar-refractivity contribution in [2.24, 2.45) is 0 Å². The first-order chi connectivity index (χ1) is 17.7. The average Bonchev–Trinajstić information content (AvgIpc) is 3.21. The number of carbonyl (C=O) groups excluding carboxylic acids is 1. The average molecular weight is 477 g/mol. The summed E-state index contributed by atoms with van der Waals surface area (Å²) in [4.78, 5) is 14.0. The van der Waals surface area contributed by atoms with Crippen LogP contribution in [0.15, 0.2) is 116 Å². The molecule has 0 fully saturated rings. The summed E-state index contributed by atoms with van der Waals surface area (Å²) in [7, 11) is 0. The number of allylic oxidation sites excluding steroid dienone is 4. The van der Waals surface area contributed by atoms with E-state index >= 15 is 0 Å². The van der Waals surface area contributed by atoms with E-state index in [2.05, 4.69) is 72.6 Å². The molecule has 1 aliphatic rings. The lowest BCUT2D eigenvalue weighted by Crippen LogP contribution is -2.45. The molecule has 0 bridgehead atoms. The molecule has 3 aromatic carbocycles. The number of fused-ring (bicyclic) bond motifs is 3. The zero-order chi connectivity index (χ0) is 25.2. The number of hydrogen-bond acceptors (Lipinski definition) is 2. The van der Waals surface area contributed by atoms with Crippen LogP contribution in [0, 0.1) is 6.42 Å². The molecule has 4 rings (SSSR count). The van der Waals surface area contributed by atoms with Crippen molar-refractivity contribution >= 4 is 5.91 Å². The van der Waals surface area contributed by atoms with Gasteiger partial charge in [-0.1, -0.05) is 104 Å². The van der Waals surface area contributed by atoms with Crippen LogP contribution in [-0.4, -0.2) is 19.1 Å². The van der Waals surface area contributed by atoms with Crippen LogP contribution < -0.4 is 5.32 Å². The van der Waals surface area contributed by atoms with Gasteiger partial charge in [0.15, 0.2) is 0 Å². The van der Waals surface area contributed by atoms with Crippen LogP contribution in [0.2, 0.25) is 0 Å². The predicted octanol–water partition coefficient (Wildman–Crippen LogP) is 6.96. The number of aryl methyl sites for hydroxylation is 1. The monoisotopic (exact) mass is 476 g/mol. The summed E-state index contributed by atoms with van der Waals surface area (Å²) < 4.78 is 5.87. The van der Waals surface area contributed by atoms with E-state index in [0.717, 1.165) is 47.3 Å². The standard InChI is InChI=1S/C33H34NO2/c1-3-5-7-18-27(4-2)36-25-24-34-32(35)33(23-14-17-26-15-8-6-9-16-26)30-21-12-10-19-28(30)29-20-11-13-22-31(29)33/h3-13,15-16,18-22H,1,14,17,23-25H2,2H3,(H,34,35)/b7-5-,27-4-. The molecular formula is C33H34NO2. The van der Waals surface area contributed by atoms with E-state index in [-0.39, 0.29) is 5.91 Å². The third-order valence-corrected chi connectivity index (χ3v) is 6.76. The van der Waals surface area contributed by atoms with E-state index in [9.17, 15) is 4.79 Å². The van der Waals surface area contributed by atoms with Gasteiger partial charge in [0.25, 0.3) is 0 Å². The molecule has 1 aliphatic carbocycles. The Morgan fingerprint density at radius 3 is 2.19 bits per heavy atom. The third-order valence-electron chi connectivity index (χ3n) is 6.76. The molecule has 0 saturated heterocycles. The highest BCUT2D eigenvalue weighted by Crippen LogP contribution is 2.51. The van der Waals surface area contributed by atoms with Crippen molar-refractivity contribution in [3.63, 3.8) is 0 Å². The lowest BCUT2D eigenvalue weighted by Gasteiger charge is -2.31. The molecule has 0 aliphatic heterocycles. The molecule has 0 saturated carbocycles. The van der Waals surface area contributed by atoms with Gasteiger partial charge in [-0.15, -0.1) is 0 Å². The van der Waals surface area contributed by atoms with Crippen molar-refractivity contribution in [1.82, 2.24) is 5.32 Å². The van der Waals surface area contributed by atoms with Crippen LogP contribution in [-0.2, 0) is 21.4 Å². The number of ether oxygens (including phenoxy) is 1. The molecule has 3 aromatic rings. The first kappa shape index (κ1) is 25.2. The molecule has 1 N–H and O–H groups in total. The van der Waals surface area contributed by atoms with Crippen molar-refractivity contribution in [3.8, 4) is 11.1 Å². The molecule has 36 heavy (non-hydrogen) atoms. The maximum atomic E-state index is 14.0. The Bertz CT molecular complexity index is 1190. The molecule has 0 atom stereocenters. The van der Waals surface area contributed by atoms with Gasteiger partial charge in [-0.3, -0.25) is 4.79 Å². The molecule has 0 spiro atoms. The minimum Gasteiger partial charge on any atom is -0.496 e. The van der Waals surface area contributed by atoms with E-state index < -0.39 is 5.41 Å². The number of carbonyl (C=O) groups is 1. The Morgan fingerprint density at radius 1 is 0.917 bits per heavy atom. The molecular weight excluding hydrogens is 442 g/mol. The normalized spacial score (nSPS) is 13.8. The van der Waals surface area contributed by atoms with Gasteiger partial charge < -0.3 is 10.1 Å². The minimum absolute atomic E-state index is 0.0362. The topological polar surface area (TPSA) is 38.3 Å². The minimum atomic E-state index is -0.718. The van der Waals surface area contributed by atoms with Crippen molar-refractivity contribution in [2.75, 3.05) is 13.2 Å². The SMILES string of the molecule is C=C/C=C\[CH]/C(=C/C)OCCNC(=O)C1(CCCc2ccccc2)c2ccccc2-c2ccccc21. The van der Waals surface area contributed by atoms with E-state index in [1.807, 2.05) is 49.8 Å². The summed E-state index contributed by atoms with van der Waals surface area (Å²) in [5, 5.41) is 3.20. The third kappa shape index (κ3) is 5.36. The van der Waals surface area contributed by atoms with Crippen LogP contribution >= 0.6 is 0 Å². The first-order valence-corrected chi connectivity index (χ1v) is 12.6. The quantitative estimate of drug-likeness (QED) is 0.174. The van der Waals surface area contributed by atoms with Crippen LogP contribution in [0.3, 0.4) is 0 Å². The van der Waals surface area contributed by atoms with Crippen LogP contribution in [0.1, 0.15) is 36.5 Å². The lowest BCUT2D eigenvalue weighted by atomic mass is 9.73. The molecule has 3 nitrogen and oxygen atoms in total. The fourth-order valence-corrected chi connectivity index (χ4v) is 5.10. The Hall–Kier alpha value is -3.85. The van der Waals surface area contributed by atoms with Crippen molar-refractivity contribution < 1.29 is 9.53 Å². The van der Waals surface area contributed by atoms with E-state index in [0.29, 0.717) is 13.2 Å². The summed E-state index contributed by atoms with van der Waals surface area (Å²) in [5.74, 6) is 0.797. The second-order valence-corrected chi connectivity index (χ2v) is 8.92. The number of hydrogen-bond donors (Lipinski definition) is 1. The maximum Gasteiger partial charge on any atom is 0.235 e. The Labute approximate surface area is 215 Å². The Balaban J connectivity index is 1.54. The summed E-state index contributed by atoms with van der Waals surface area (Å²) in [5.41, 5.74) is 5.06. The number of nitrogens with one attached hydrogen (secondary N) is 1. The highest BCUT2D eigenvalue weighted by molar-refractivity contribution is 6.00. The summed E-state index contributed by atoms with van der Waals surface area (Å²) in [6.07, 6.45) is 11.8. The smallest absolute Gasteiger partial charge is 0.235 e. The van der Waals surface area contributed by atoms with E-state index in [1.54, 1.807) is 6.08 Å². The second-order valence-electron chi connectivity index (χ2n) is 8.92. The molecule has 183 valence electrons. The van der Waals surface area contributed by atoms with Crippen molar-refractivity contribution in [1.29, 1.82) is 0 Å². The summed E-state index contributed by atoms with van der Waals surface area (Å²) >= 11 is 0. The lowest BCUT2D eigenvalue weighted by molar-refractivity contribution is -0.125. The molecule has 0 aromatic heterocycles. The fourth-order valence-electron chi connectivity index (χ4n) is 5.10. The summed E-state index contributed by atoms with van der Waals surface area (Å²) in [6, 6.07) is 27.2. The van der Waals surface area contributed by atoms with Gasteiger partial charge in [0.05, 0.1) is 12.3 Å². The molecule has 1 radical (unpaired) electrons. The summed E-state index contributed by atoms with van der Waals surface area (Å²) in [6.45, 7) is 6.44. The largest absolute Gasteiger partial charge is 0.496 e. The van der Waals surface area contributed by atoms with Gasteiger partial charge in [-0.2, -0.15) is 0 Å². The van der Waals surface area contributed by atoms with Gasteiger partial charge >= 0.3 is 0 Å². The van der Waals surface area contributed by atoms with Gasteiger partial charge in [-0.05, 0) is 60.1 Å². The fraction of sp³-hybridized carbons (Fsp3) is 0.212. The zero-order valence-electron chi connectivity index (χ0n) is 21.0. The molecule has 1 amide bonds. The second kappa shape index (κ2) is 12.2. The van der Waals surface area contributed by atoms with Crippen LogP contribution in [0.5, 0.6) is 0 Å². The Morgan fingerprint density at radius 2 is 1.56 bits per heavy atom. The molecule has 3 heteroatoms. The van der Waals surface area contributed by atoms with E-state index in [1.165, 1.54) is 5.56 Å². The number of benzene rings is 3.